The van der Waals surface area contributed by atoms with Gasteiger partial charge in [-0.1, -0.05) is 6.07 Å². The lowest BCUT2D eigenvalue weighted by molar-refractivity contribution is -0.384. The zero-order chi connectivity index (χ0) is 15.6. The van der Waals surface area contributed by atoms with Gasteiger partial charge < -0.3 is 5.32 Å². The van der Waals surface area contributed by atoms with Gasteiger partial charge in [-0.2, -0.15) is 0 Å². The lowest BCUT2D eigenvalue weighted by Gasteiger charge is -2.25. The molecule has 1 aromatic rings. The number of anilines is 1. The summed E-state index contributed by atoms with van der Waals surface area (Å²) in [6, 6.07) is 4.84. The molecule has 0 radical (unpaired) electrons. The number of hydrogen-bond donors (Lipinski definition) is 2. The Bertz CT molecular complexity index is 611. The normalized spacial score (nSPS) is 12.2. The first-order chi connectivity index (χ1) is 9.00. The fourth-order valence-electron chi connectivity index (χ4n) is 1.80. The van der Waals surface area contributed by atoms with Gasteiger partial charge in [-0.3, -0.25) is 10.1 Å². The summed E-state index contributed by atoms with van der Waals surface area (Å²) in [6.07, 6.45) is 1.07. The molecule has 0 saturated carbocycles. The Labute approximate surface area is 118 Å². The van der Waals surface area contributed by atoms with Gasteiger partial charge in [0, 0.05) is 18.2 Å². The van der Waals surface area contributed by atoms with E-state index in [2.05, 4.69) is 10.0 Å². The number of hydrogen-bond acceptors (Lipinski definition) is 5. The molecule has 0 aliphatic carbocycles. The molecule has 20 heavy (non-hydrogen) atoms. The molecule has 0 aliphatic rings. The fraction of sp³-hybridized carbons (Fsp3) is 0.500. The van der Waals surface area contributed by atoms with Crippen LogP contribution in [0.2, 0.25) is 0 Å². The molecule has 8 heteroatoms. The van der Waals surface area contributed by atoms with Crippen LogP contribution < -0.4 is 10.0 Å². The molecule has 0 aliphatic heterocycles. The predicted molar refractivity (Wildman–Crippen MR) is 78.4 cm³/mol. The molecule has 2 N–H and O–H groups in total. The zero-order valence-corrected chi connectivity index (χ0v) is 12.7. The number of nitrogens with one attached hydrogen (secondary N) is 2. The molecule has 0 bridgehead atoms. The van der Waals surface area contributed by atoms with E-state index >= 15 is 0 Å². The van der Waals surface area contributed by atoms with E-state index in [-0.39, 0.29) is 12.2 Å². The van der Waals surface area contributed by atoms with Crippen LogP contribution in [0.5, 0.6) is 0 Å². The number of aryl methyl sites for hydroxylation is 1. The predicted octanol–water partition coefficient (Wildman–Crippen LogP) is 1.64. The van der Waals surface area contributed by atoms with Crippen LogP contribution in [0.3, 0.4) is 0 Å². The highest BCUT2D eigenvalue weighted by atomic mass is 32.2. The van der Waals surface area contributed by atoms with Crippen molar-refractivity contribution in [3.8, 4) is 0 Å². The summed E-state index contributed by atoms with van der Waals surface area (Å²) in [5.41, 5.74) is 0.367. The van der Waals surface area contributed by atoms with Crippen molar-refractivity contribution in [2.75, 3.05) is 18.1 Å². The van der Waals surface area contributed by atoms with Crippen molar-refractivity contribution in [1.29, 1.82) is 0 Å². The fourth-order valence-corrected chi connectivity index (χ4v) is 2.87. The quantitative estimate of drug-likeness (QED) is 0.614. The number of nitro benzene ring substituents is 1. The second-order valence-corrected chi connectivity index (χ2v) is 7.14. The molecular formula is C12H19N3O4S. The maximum Gasteiger partial charge on any atom is 0.292 e. The van der Waals surface area contributed by atoms with Gasteiger partial charge in [-0.15, -0.1) is 0 Å². The van der Waals surface area contributed by atoms with Crippen molar-refractivity contribution in [2.24, 2.45) is 0 Å². The summed E-state index contributed by atoms with van der Waals surface area (Å²) >= 11 is 0. The Morgan fingerprint density at radius 3 is 2.45 bits per heavy atom. The van der Waals surface area contributed by atoms with E-state index in [9.17, 15) is 18.5 Å². The van der Waals surface area contributed by atoms with Gasteiger partial charge in [0.15, 0.2) is 0 Å². The van der Waals surface area contributed by atoms with Crippen LogP contribution in [0, 0.1) is 17.0 Å². The zero-order valence-electron chi connectivity index (χ0n) is 11.9. The summed E-state index contributed by atoms with van der Waals surface area (Å²) < 4.78 is 24.9. The Balaban J connectivity index is 2.87. The molecule has 0 heterocycles. The van der Waals surface area contributed by atoms with Crippen LogP contribution >= 0.6 is 0 Å². The molecule has 1 aromatic carbocycles. The molecule has 0 spiro atoms. The minimum absolute atomic E-state index is 0.0276. The van der Waals surface area contributed by atoms with Crippen molar-refractivity contribution in [2.45, 2.75) is 26.3 Å². The Kier molecular flexibility index (Phi) is 4.72. The van der Waals surface area contributed by atoms with Gasteiger partial charge in [0.05, 0.1) is 11.2 Å². The summed E-state index contributed by atoms with van der Waals surface area (Å²) in [4.78, 5) is 10.5. The van der Waals surface area contributed by atoms with Crippen molar-refractivity contribution in [3.63, 3.8) is 0 Å². The van der Waals surface area contributed by atoms with Gasteiger partial charge in [0.1, 0.15) is 5.69 Å². The number of benzene rings is 1. The Hall–Kier alpha value is -1.67. The summed E-state index contributed by atoms with van der Waals surface area (Å²) in [5.74, 6) is 0. The van der Waals surface area contributed by atoms with E-state index in [0.717, 1.165) is 11.8 Å². The summed E-state index contributed by atoms with van der Waals surface area (Å²) in [7, 11) is -3.34. The van der Waals surface area contributed by atoms with E-state index in [0.29, 0.717) is 5.69 Å². The molecule has 0 atom stereocenters. The van der Waals surface area contributed by atoms with Crippen molar-refractivity contribution in [1.82, 2.24) is 4.72 Å². The van der Waals surface area contributed by atoms with Crippen molar-refractivity contribution in [3.05, 3.63) is 33.9 Å². The molecule has 1 rings (SSSR count). The minimum Gasteiger partial charge on any atom is -0.378 e. The second-order valence-electron chi connectivity index (χ2n) is 5.39. The molecule has 112 valence electrons. The van der Waals surface area contributed by atoms with Crippen LogP contribution in [0.15, 0.2) is 18.2 Å². The topological polar surface area (TPSA) is 101 Å². The SMILES string of the molecule is Cc1ccc(NCC(C)(C)NS(C)(=O)=O)c([N+](=O)[O-])c1. The molecule has 7 nitrogen and oxygen atoms in total. The van der Waals surface area contributed by atoms with E-state index in [1.54, 1.807) is 32.9 Å². The Morgan fingerprint density at radius 1 is 1.35 bits per heavy atom. The highest BCUT2D eigenvalue weighted by molar-refractivity contribution is 7.88. The molecular weight excluding hydrogens is 282 g/mol. The standard InChI is InChI=1S/C12H19N3O4S/c1-9-5-6-10(11(7-9)15(16)17)13-8-12(2,3)14-20(4,18)19/h5-7,13-14H,8H2,1-4H3. The summed E-state index contributed by atoms with van der Waals surface area (Å²) in [5, 5.41) is 13.9. The summed E-state index contributed by atoms with van der Waals surface area (Å²) in [6.45, 7) is 5.39. The van der Waals surface area contributed by atoms with E-state index in [4.69, 9.17) is 0 Å². The average molecular weight is 301 g/mol. The number of nitrogens with zero attached hydrogens (tertiary/aromatic N) is 1. The van der Waals surface area contributed by atoms with E-state index in [1.165, 1.54) is 6.07 Å². The molecule has 0 amide bonds. The first-order valence-corrected chi connectivity index (χ1v) is 7.87. The first kappa shape index (κ1) is 16.4. The third kappa shape index (κ3) is 5.14. The van der Waals surface area contributed by atoms with Gasteiger partial charge in [-0.05, 0) is 32.4 Å². The third-order valence-corrected chi connectivity index (χ3v) is 3.46. The van der Waals surface area contributed by atoms with Crippen LogP contribution in [0.25, 0.3) is 0 Å². The van der Waals surface area contributed by atoms with Crippen LogP contribution in [-0.2, 0) is 10.0 Å². The number of sulfonamides is 1. The minimum atomic E-state index is -3.34. The number of nitro groups is 1. The lowest BCUT2D eigenvalue weighted by atomic mass is 10.1. The van der Waals surface area contributed by atoms with Crippen molar-refractivity contribution < 1.29 is 13.3 Å². The molecule has 0 unspecified atom stereocenters. The number of rotatable bonds is 6. The molecule has 0 fully saturated rings. The highest BCUT2D eigenvalue weighted by Gasteiger charge is 2.23. The molecule has 0 aromatic heterocycles. The van der Waals surface area contributed by atoms with Gasteiger partial charge >= 0.3 is 0 Å². The van der Waals surface area contributed by atoms with Gasteiger partial charge in [0.2, 0.25) is 10.0 Å². The smallest absolute Gasteiger partial charge is 0.292 e. The van der Waals surface area contributed by atoms with Crippen LogP contribution in [0.4, 0.5) is 11.4 Å². The first-order valence-electron chi connectivity index (χ1n) is 5.98. The monoisotopic (exact) mass is 301 g/mol. The van der Waals surface area contributed by atoms with Gasteiger partial charge in [0.25, 0.3) is 5.69 Å². The van der Waals surface area contributed by atoms with Gasteiger partial charge in [-0.25, -0.2) is 13.1 Å². The largest absolute Gasteiger partial charge is 0.378 e. The Morgan fingerprint density at radius 2 is 1.95 bits per heavy atom. The maximum absolute atomic E-state index is 11.2. The highest BCUT2D eigenvalue weighted by Crippen LogP contribution is 2.25. The van der Waals surface area contributed by atoms with Crippen LogP contribution in [0.1, 0.15) is 19.4 Å². The lowest BCUT2D eigenvalue weighted by Crippen LogP contribution is -2.47. The van der Waals surface area contributed by atoms with Crippen molar-refractivity contribution >= 4 is 21.4 Å². The third-order valence-electron chi connectivity index (χ3n) is 2.53. The van der Waals surface area contributed by atoms with E-state index < -0.39 is 20.5 Å². The molecule has 0 saturated heterocycles. The average Bonchev–Trinajstić information content (AvgIpc) is 2.23. The van der Waals surface area contributed by atoms with E-state index in [1.807, 2.05) is 0 Å². The van der Waals surface area contributed by atoms with Crippen LogP contribution in [-0.4, -0.2) is 31.7 Å². The second kappa shape index (κ2) is 5.76. The maximum atomic E-state index is 11.2.